The molecule has 1 heterocycles. The van der Waals surface area contributed by atoms with Crippen molar-refractivity contribution in [1.29, 1.82) is 0 Å². The molecule has 0 aromatic heterocycles. The van der Waals surface area contributed by atoms with E-state index in [4.69, 9.17) is 17.3 Å². The van der Waals surface area contributed by atoms with E-state index >= 15 is 0 Å². The van der Waals surface area contributed by atoms with Crippen molar-refractivity contribution < 1.29 is 0 Å². The highest BCUT2D eigenvalue weighted by atomic mass is 79.9. The van der Waals surface area contributed by atoms with Crippen molar-refractivity contribution in [1.82, 2.24) is 0 Å². The van der Waals surface area contributed by atoms with E-state index in [0.717, 1.165) is 34.6 Å². The molecule has 0 amide bonds. The molecule has 3 rings (SSSR count). The van der Waals surface area contributed by atoms with Crippen LogP contribution in [0.2, 0.25) is 5.02 Å². The number of hydrogen-bond acceptors (Lipinski definition) is 3. The van der Waals surface area contributed by atoms with E-state index in [1.165, 1.54) is 32.1 Å². The zero-order valence-corrected chi connectivity index (χ0v) is 14.5. The van der Waals surface area contributed by atoms with E-state index in [1.807, 2.05) is 12.1 Å². The van der Waals surface area contributed by atoms with Crippen molar-refractivity contribution in [3.8, 4) is 0 Å². The van der Waals surface area contributed by atoms with Crippen LogP contribution in [0.25, 0.3) is 0 Å². The Morgan fingerprint density at radius 1 is 1.14 bits per heavy atom. The molecule has 1 fully saturated rings. The van der Waals surface area contributed by atoms with Crippen LogP contribution >= 0.6 is 27.5 Å². The minimum absolute atomic E-state index is 0.0672. The fourth-order valence-corrected chi connectivity index (χ4v) is 4.07. The third-order valence-electron chi connectivity index (χ3n) is 4.68. The van der Waals surface area contributed by atoms with Gasteiger partial charge in [-0.15, -0.1) is 0 Å². The second-order valence-electron chi connectivity index (χ2n) is 6.10. The van der Waals surface area contributed by atoms with Gasteiger partial charge in [-0.1, -0.05) is 43.7 Å². The Bertz CT molecular complexity index is 550. The standard InChI is InChI=1S/C16H21BrClN3/c17-13-10-12(6-7-14(13)18)21-15(19)20-11-16(21)8-4-2-1-3-5-9-16/h6-7,10H,1-5,8-9,11H2,(H2,19,20). The Morgan fingerprint density at radius 2 is 1.81 bits per heavy atom. The predicted octanol–water partition coefficient (Wildman–Crippen LogP) is 4.72. The summed E-state index contributed by atoms with van der Waals surface area (Å²) in [6.07, 6.45) is 8.84. The molecule has 2 N–H and O–H groups in total. The molecule has 0 unspecified atom stereocenters. The number of rotatable bonds is 1. The Labute approximate surface area is 139 Å². The van der Waals surface area contributed by atoms with Gasteiger partial charge < -0.3 is 10.6 Å². The minimum Gasteiger partial charge on any atom is -0.369 e. The molecule has 1 aliphatic carbocycles. The third kappa shape index (κ3) is 2.93. The van der Waals surface area contributed by atoms with Gasteiger partial charge in [-0.2, -0.15) is 0 Å². The second kappa shape index (κ2) is 6.17. The molecule has 1 aliphatic heterocycles. The van der Waals surface area contributed by atoms with Gasteiger partial charge in [0.2, 0.25) is 0 Å². The number of aliphatic imine (C=N–C) groups is 1. The molecule has 0 atom stereocenters. The number of guanidine groups is 1. The van der Waals surface area contributed by atoms with E-state index < -0.39 is 0 Å². The zero-order valence-electron chi connectivity index (χ0n) is 12.1. The minimum atomic E-state index is 0.0672. The molecule has 1 aromatic rings. The molecule has 1 spiro atoms. The Morgan fingerprint density at radius 3 is 2.48 bits per heavy atom. The summed E-state index contributed by atoms with van der Waals surface area (Å²) >= 11 is 9.64. The van der Waals surface area contributed by atoms with Crippen molar-refractivity contribution in [2.45, 2.75) is 50.5 Å². The highest BCUT2D eigenvalue weighted by Gasteiger charge is 2.42. The summed E-state index contributed by atoms with van der Waals surface area (Å²) in [4.78, 5) is 6.82. The van der Waals surface area contributed by atoms with Crippen LogP contribution < -0.4 is 10.6 Å². The fourth-order valence-electron chi connectivity index (χ4n) is 3.59. The van der Waals surface area contributed by atoms with Crippen molar-refractivity contribution in [2.75, 3.05) is 11.4 Å². The summed E-state index contributed by atoms with van der Waals surface area (Å²) in [5.74, 6) is 0.643. The van der Waals surface area contributed by atoms with Crippen molar-refractivity contribution >= 4 is 39.2 Å². The first-order valence-electron chi connectivity index (χ1n) is 7.68. The fraction of sp³-hybridized carbons (Fsp3) is 0.562. The molecule has 0 bridgehead atoms. The lowest BCUT2D eigenvalue weighted by Gasteiger charge is -2.40. The van der Waals surface area contributed by atoms with Crippen LogP contribution in [0.15, 0.2) is 27.7 Å². The number of anilines is 1. The number of hydrogen-bond donors (Lipinski definition) is 1. The number of benzene rings is 1. The molecule has 3 nitrogen and oxygen atoms in total. The van der Waals surface area contributed by atoms with Gasteiger partial charge in [0.25, 0.3) is 0 Å². The summed E-state index contributed by atoms with van der Waals surface area (Å²) in [6, 6.07) is 6.01. The number of halogens is 2. The monoisotopic (exact) mass is 369 g/mol. The van der Waals surface area contributed by atoms with Crippen LogP contribution in [0.5, 0.6) is 0 Å². The first kappa shape index (κ1) is 15.2. The lowest BCUT2D eigenvalue weighted by molar-refractivity contribution is 0.337. The van der Waals surface area contributed by atoms with Gasteiger partial charge in [-0.3, -0.25) is 4.99 Å². The summed E-state index contributed by atoms with van der Waals surface area (Å²) in [6.45, 7) is 0.819. The van der Waals surface area contributed by atoms with E-state index in [2.05, 4.69) is 31.9 Å². The number of nitrogens with two attached hydrogens (primary N) is 1. The molecule has 1 aromatic carbocycles. The van der Waals surface area contributed by atoms with Crippen LogP contribution in [-0.4, -0.2) is 18.0 Å². The molecule has 0 radical (unpaired) electrons. The van der Waals surface area contributed by atoms with Gasteiger partial charge in [0.1, 0.15) is 0 Å². The Kier molecular flexibility index (Phi) is 4.46. The van der Waals surface area contributed by atoms with E-state index in [9.17, 15) is 0 Å². The highest BCUT2D eigenvalue weighted by molar-refractivity contribution is 9.10. The largest absolute Gasteiger partial charge is 0.369 e. The Hall–Kier alpha value is -0.740. The molecule has 5 heteroatoms. The average molecular weight is 371 g/mol. The molecule has 2 aliphatic rings. The first-order chi connectivity index (χ1) is 10.1. The van der Waals surface area contributed by atoms with Crippen LogP contribution in [-0.2, 0) is 0 Å². The Balaban J connectivity index is 1.95. The molecule has 0 saturated heterocycles. The van der Waals surface area contributed by atoms with Gasteiger partial charge in [0.15, 0.2) is 5.96 Å². The van der Waals surface area contributed by atoms with Gasteiger partial charge in [-0.05, 0) is 47.0 Å². The lowest BCUT2D eigenvalue weighted by atomic mass is 9.83. The zero-order chi connectivity index (χ0) is 14.9. The van der Waals surface area contributed by atoms with Crippen LogP contribution in [0, 0.1) is 0 Å². The quantitative estimate of drug-likeness (QED) is 0.777. The lowest BCUT2D eigenvalue weighted by Crippen LogP contribution is -2.52. The third-order valence-corrected chi connectivity index (χ3v) is 5.90. The topological polar surface area (TPSA) is 41.6 Å². The van der Waals surface area contributed by atoms with E-state index in [-0.39, 0.29) is 5.54 Å². The van der Waals surface area contributed by atoms with E-state index in [0.29, 0.717) is 5.96 Å². The van der Waals surface area contributed by atoms with Crippen LogP contribution in [0.4, 0.5) is 5.69 Å². The molecular formula is C16H21BrClN3. The van der Waals surface area contributed by atoms with Crippen molar-refractivity contribution in [3.63, 3.8) is 0 Å². The predicted molar refractivity (Wildman–Crippen MR) is 93.2 cm³/mol. The van der Waals surface area contributed by atoms with E-state index in [1.54, 1.807) is 0 Å². The van der Waals surface area contributed by atoms with Gasteiger partial charge in [-0.25, -0.2) is 0 Å². The molecular weight excluding hydrogens is 350 g/mol. The van der Waals surface area contributed by atoms with Gasteiger partial charge in [0, 0.05) is 10.2 Å². The van der Waals surface area contributed by atoms with Gasteiger partial charge >= 0.3 is 0 Å². The van der Waals surface area contributed by atoms with Crippen molar-refractivity contribution in [2.24, 2.45) is 10.7 Å². The maximum absolute atomic E-state index is 6.22. The van der Waals surface area contributed by atoms with Gasteiger partial charge in [0.05, 0.1) is 17.1 Å². The molecule has 21 heavy (non-hydrogen) atoms. The normalized spacial score (nSPS) is 22.0. The maximum Gasteiger partial charge on any atom is 0.196 e. The summed E-state index contributed by atoms with van der Waals surface area (Å²) in [5, 5.41) is 0.722. The molecule has 1 saturated carbocycles. The average Bonchev–Trinajstić information content (AvgIpc) is 2.76. The SMILES string of the molecule is NC1=NCC2(CCCCCCC2)N1c1ccc(Cl)c(Br)c1. The van der Waals surface area contributed by atoms with Crippen LogP contribution in [0.1, 0.15) is 44.9 Å². The molecule has 114 valence electrons. The van der Waals surface area contributed by atoms with Crippen LogP contribution in [0.3, 0.4) is 0 Å². The number of nitrogens with zero attached hydrogens (tertiary/aromatic N) is 2. The summed E-state index contributed by atoms with van der Waals surface area (Å²) < 4.78 is 0.905. The smallest absolute Gasteiger partial charge is 0.196 e. The second-order valence-corrected chi connectivity index (χ2v) is 7.36. The van der Waals surface area contributed by atoms with Crippen molar-refractivity contribution in [3.05, 3.63) is 27.7 Å². The highest BCUT2D eigenvalue weighted by Crippen LogP contribution is 2.40. The first-order valence-corrected chi connectivity index (χ1v) is 8.85. The maximum atomic E-state index is 6.22. The summed E-state index contributed by atoms with van der Waals surface area (Å²) in [5.41, 5.74) is 7.38. The summed E-state index contributed by atoms with van der Waals surface area (Å²) in [7, 11) is 0.